The Bertz CT molecular complexity index is 1490. The largest absolute Gasteiger partial charge is 0.497 e. The van der Waals surface area contributed by atoms with Crippen molar-refractivity contribution in [3.63, 3.8) is 0 Å². The molecule has 5 rings (SSSR count). The lowest BCUT2D eigenvalue weighted by Crippen LogP contribution is -2.31. The lowest BCUT2D eigenvalue weighted by Gasteiger charge is -2.19. The normalized spacial score (nSPS) is 11.0. The van der Waals surface area contributed by atoms with E-state index in [-0.39, 0.29) is 17.7 Å². The number of methoxy groups -OCH3 is 1. The van der Waals surface area contributed by atoms with Gasteiger partial charge in [0.2, 0.25) is 0 Å². The number of rotatable bonds is 5. The molecule has 0 N–H and O–H groups in total. The summed E-state index contributed by atoms with van der Waals surface area (Å²) in [5.74, 6) is 0.262. The number of aromatic nitrogens is 1. The van der Waals surface area contributed by atoms with Crippen molar-refractivity contribution in [1.82, 2.24) is 4.98 Å². The predicted molar refractivity (Wildman–Crippen MR) is 126 cm³/mol. The molecule has 6 nitrogen and oxygen atoms in total. The first-order valence-electron chi connectivity index (χ1n) is 9.95. The van der Waals surface area contributed by atoms with Crippen molar-refractivity contribution in [2.24, 2.45) is 0 Å². The second-order valence-electron chi connectivity index (χ2n) is 7.18. The van der Waals surface area contributed by atoms with E-state index >= 15 is 0 Å². The Morgan fingerprint density at radius 1 is 1.03 bits per heavy atom. The second-order valence-corrected chi connectivity index (χ2v) is 8.19. The molecule has 0 unspecified atom stereocenters. The molecule has 0 aliphatic rings. The molecule has 2 heterocycles. The van der Waals surface area contributed by atoms with Gasteiger partial charge in [-0.25, -0.2) is 4.98 Å². The Morgan fingerprint density at radius 3 is 2.62 bits per heavy atom. The van der Waals surface area contributed by atoms with Gasteiger partial charge in [0.1, 0.15) is 11.3 Å². The fourth-order valence-electron chi connectivity index (χ4n) is 3.47. The number of carbonyl (C=O) groups excluding carboxylic acids is 1. The molecule has 1 amide bonds. The van der Waals surface area contributed by atoms with Crippen molar-refractivity contribution in [3.8, 4) is 5.75 Å². The third-order valence-corrected chi connectivity index (χ3v) is 6.13. The highest BCUT2D eigenvalue weighted by atomic mass is 32.1. The average molecular weight is 442 g/mol. The zero-order chi connectivity index (χ0) is 22.1. The van der Waals surface area contributed by atoms with Gasteiger partial charge in [-0.15, -0.1) is 0 Å². The van der Waals surface area contributed by atoms with Crippen LogP contribution in [0.15, 0.2) is 88.1 Å². The van der Waals surface area contributed by atoms with Crippen molar-refractivity contribution in [2.45, 2.75) is 6.54 Å². The molecule has 3 aromatic carbocycles. The predicted octanol–water partition coefficient (Wildman–Crippen LogP) is 5.26. The van der Waals surface area contributed by atoms with E-state index in [2.05, 4.69) is 4.98 Å². The zero-order valence-corrected chi connectivity index (χ0v) is 18.0. The van der Waals surface area contributed by atoms with Crippen molar-refractivity contribution < 1.29 is 13.9 Å². The van der Waals surface area contributed by atoms with E-state index in [0.717, 1.165) is 15.8 Å². The van der Waals surface area contributed by atoms with Crippen molar-refractivity contribution in [2.75, 3.05) is 12.0 Å². The molecule has 0 bridgehead atoms. The van der Waals surface area contributed by atoms with Crippen LogP contribution in [-0.4, -0.2) is 18.0 Å². The SMILES string of the molecule is COc1ccc2nc(N(Cc3ccccc3)C(=O)c3cc(=O)c4ccccc4o3)sc2c1. The van der Waals surface area contributed by atoms with Gasteiger partial charge >= 0.3 is 0 Å². The fourth-order valence-corrected chi connectivity index (χ4v) is 4.46. The van der Waals surface area contributed by atoms with Crippen LogP contribution in [0.2, 0.25) is 0 Å². The summed E-state index contributed by atoms with van der Waals surface area (Å²) in [5.41, 5.74) is 1.80. The Labute approximate surface area is 187 Å². The van der Waals surface area contributed by atoms with Gasteiger partial charge in [0, 0.05) is 6.07 Å². The molecular formula is C25H18N2O4S. The van der Waals surface area contributed by atoms with E-state index in [1.807, 2.05) is 48.5 Å². The number of benzene rings is 3. The van der Waals surface area contributed by atoms with Crippen LogP contribution in [0.1, 0.15) is 16.1 Å². The van der Waals surface area contributed by atoms with E-state index in [1.54, 1.807) is 36.3 Å². The van der Waals surface area contributed by atoms with E-state index in [0.29, 0.717) is 21.9 Å². The number of hydrogen-bond acceptors (Lipinski definition) is 6. The molecule has 7 heteroatoms. The van der Waals surface area contributed by atoms with Gasteiger partial charge in [0.15, 0.2) is 16.3 Å². The molecule has 5 aromatic rings. The highest BCUT2D eigenvalue weighted by molar-refractivity contribution is 7.22. The van der Waals surface area contributed by atoms with E-state index < -0.39 is 5.91 Å². The van der Waals surface area contributed by atoms with Crippen molar-refractivity contribution >= 4 is 43.6 Å². The number of amides is 1. The molecule has 0 saturated carbocycles. The maximum Gasteiger partial charge on any atom is 0.296 e. The standard InChI is InChI=1S/C25H18N2O4S/c1-30-17-11-12-19-23(13-17)32-25(26-19)27(15-16-7-3-2-4-8-16)24(29)22-14-20(28)18-9-5-6-10-21(18)31-22/h2-14H,15H2,1H3. The number of anilines is 1. The fraction of sp³-hybridized carbons (Fsp3) is 0.0800. The molecule has 0 fully saturated rings. The summed E-state index contributed by atoms with van der Waals surface area (Å²) in [5, 5.41) is 0.948. The van der Waals surface area contributed by atoms with Gasteiger partial charge in [0.25, 0.3) is 5.91 Å². The van der Waals surface area contributed by atoms with Gasteiger partial charge in [-0.05, 0) is 35.9 Å². The van der Waals surface area contributed by atoms with Crippen LogP contribution in [0.5, 0.6) is 5.75 Å². The lowest BCUT2D eigenvalue weighted by atomic mass is 10.2. The number of fused-ring (bicyclic) bond motifs is 2. The maximum atomic E-state index is 13.6. The molecule has 0 atom stereocenters. The quantitative estimate of drug-likeness (QED) is 0.371. The van der Waals surface area contributed by atoms with Crippen LogP contribution in [0.25, 0.3) is 21.2 Å². The minimum absolute atomic E-state index is 0.0264. The Balaban J connectivity index is 1.61. The second kappa shape index (κ2) is 8.28. The molecule has 0 radical (unpaired) electrons. The average Bonchev–Trinajstić information content (AvgIpc) is 3.25. The van der Waals surface area contributed by atoms with Crippen molar-refractivity contribution in [3.05, 3.63) is 100 Å². The molecule has 32 heavy (non-hydrogen) atoms. The molecule has 0 saturated heterocycles. The van der Waals surface area contributed by atoms with E-state index in [9.17, 15) is 9.59 Å². The Hall–Kier alpha value is -3.97. The summed E-state index contributed by atoms with van der Waals surface area (Å²) in [6.45, 7) is 0.285. The molecule has 0 aliphatic carbocycles. The molecule has 0 aliphatic heterocycles. The summed E-state index contributed by atoms with van der Waals surface area (Å²) in [4.78, 5) is 32.4. The first-order chi connectivity index (χ1) is 15.6. The van der Waals surface area contributed by atoms with Gasteiger partial charge in [-0.1, -0.05) is 53.8 Å². The number of para-hydroxylation sites is 1. The van der Waals surface area contributed by atoms with Crippen LogP contribution in [0, 0.1) is 0 Å². The number of ether oxygens (including phenoxy) is 1. The molecular weight excluding hydrogens is 424 g/mol. The van der Waals surface area contributed by atoms with E-state index in [1.165, 1.54) is 17.4 Å². The summed E-state index contributed by atoms with van der Waals surface area (Å²) < 4.78 is 12.0. The highest BCUT2D eigenvalue weighted by Gasteiger charge is 2.25. The summed E-state index contributed by atoms with van der Waals surface area (Å²) in [6.07, 6.45) is 0. The number of hydrogen-bond donors (Lipinski definition) is 0. The third-order valence-electron chi connectivity index (χ3n) is 5.09. The topological polar surface area (TPSA) is 72.6 Å². The third kappa shape index (κ3) is 3.74. The highest BCUT2D eigenvalue weighted by Crippen LogP contribution is 2.33. The van der Waals surface area contributed by atoms with Crippen LogP contribution in [0.4, 0.5) is 5.13 Å². The molecule has 158 valence electrons. The van der Waals surface area contributed by atoms with Crippen LogP contribution >= 0.6 is 11.3 Å². The smallest absolute Gasteiger partial charge is 0.296 e. The van der Waals surface area contributed by atoms with Crippen LogP contribution < -0.4 is 15.1 Å². The Kier molecular flexibility index (Phi) is 5.17. The first kappa shape index (κ1) is 20.0. The maximum absolute atomic E-state index is 13.6. The zero-order valence-electron chi connectivity index (χ0n) is 17.1. The first-order valence-corrected chi connectivity index (χ1v) is 10.8. The number of thiazole rings is 1. The summed E-state index contributed by atoms with van der Waals surface area (Å²) >= 11 is 1.38. The number of carbonyl (C=O) groups is 1. The minimum Gasteiger partial charge on any atom is -0.497 e. The monoisotopic (exact) mass is 442 g/mol. The van der Waals surface area contributed by atoms with Gasteiger partial charge in [-0.3, -0.25) is 14.5 Å². The van der Waals surface area contributed by atoms with Crippen LogP contribution in [-0.2, 0) is 6.54 Å². The molecule has 2 aromatic heterocycles. The molecule has 0 spiro atoms. The van der Waals surface area contributed by atoms with Gasteiger partial charge in [0.05, 0.1) is 29.3 Å². The van der Waals surface area contributed by atoms with Gasteiger partial charge < -0.3 is 9.15 Å². The summed E-state index contributed by atoms with van der Waals surface area (Å²) in [7, 11) is 1.61. The van der Waals surface area contributed by atoms with E-state index in [4.69, 9.17) is 9.15 Å². The summed E-state index contributed by atoms with van der Waals surface area (Å²) in [6, 6.07) is 23.3. The van der Waals surface area contributed by atoms with Crippen LogP contribution in [0.3, 0.4) is 0 Å². The number of nitrogens with zero attached hydrogens (tertiary/aromatic N) is 2. The lowest BCUT2D eigenvalue weighted by molar-refractivity contribution is 0.0959. The van der Waals surface area contributed by atoms with Gasteiger partial charge in [-0.2, -0.15) is 0 Å². The Morgan fingerprint density at radius 2 is 1.81 bits per heavy atom. The minimum atomic E-state index is -0.428. The van der Waals surface area contributed by atoms with Crippen molar-refractivity contribution in [1.29, 1.82) is 0 Å².